The quantitative estimate of drug-likeness (QED) is 0.232. The molecule has 9 atom stereocenters. The molecule has 0 aromatic heterocycles. The molecule has 3 amide bonds. The van der Waals surface area contributed by atoms with E-state index in [1.54, 1.807) is 5.01 Å². The van der Waals surface area contributed by atoms with Gasteiger partial charge in [0.25, 0.3) is 5.91 Å². The number of fused-ring (bicyclic) bond motifs is 1. The van der Waals surface area contributed by atoms with Crippen molar-refractivity contribution in [3.63, 3.8) is 0 Å². The molecule has 3 heterocycles. The van der Waals surface area contributed by atoms with Gasteiger partial charge in [-0.05, 0) is 29.7 Å². The molecule has 6 unspecified atom stereocenters. The Kier molecular flexibility index (Phi) is 11.7. The standard InChI is InChI=1S/C34H52N4O9/c1-20(2)15-38(37-30(40)29(34(3,4)5)36-33(42)46-23-11-12-43-18-23)16-27(39)26(13-21-9-7-6-8-10-21)35-32(41)47-28-22-14-24-25(28)19-45-31(24)44-17-22/h6-10,20,22-29,31,39H,11-19H2,1-5H3,(H,35,41)(H,36,42)(H,37,40)/t22?,23?,24?,25?,26-,27+,28?,29+,31?/m0/s1. The van der Waals surface area contributed by atoms with E-state index in [4.69, 9.17) is 23.7 Å². The Morgan fingerprint density at radius 2 is 1.70 bits per heavy atom. The number of aliphatic hydroxyl groups excluding tert-OH is 1. The van der Waals surface area contributed by atoms with Crippen LogP contribution in [0.3, 0.4) is 0 Å². The summed E-state index contributed by atoms with van der Waals surface area (Å²) in [4.78, 5) is 39.8. The molecule has 47 heavy (non-hydrogen) atoms. The Morgan fingerprint density at radius 1 is 0.979 bits per heavy atom. The highest BCUT2D eigenvalue weighted by molar-refractivity contribution is 5.86. The molecule has 1 saturated carbocycles. The first kappa shape index (κ1) is 35.3. The molecule has 13 nitrogen and oxygen atoms in total. The minimum atomic E-state index is -1.08. The average molecular weight is 661 g/mol. The summed E-state index contributed by atoms with van der Waals surface area (Å²) < 4.78 is 28.3. The second-order valence-corrected chi connectivity index (χ2v) is 14.8. The molecule has 3 saturated heterocycles. The van der Waals surface area contributed by atoms with Crippen molar-refractivity contribution in [3.05, 3.63) is 35.9 Å². The summed E-state index contributed by atoms with van der Waals surface area (Å²) in [5, 5.41) is 18.9. The van der Waals surface area contributed by atoms with Crippen LogP contribution < -0.4 is 16.1 Å². The summed E-state index contributed by atoms with van der Waals surface area (Å²) in [5.74, 6) is 0.140. The molecule has 5 rings (SSSR count). The molecule has 4 fully saturated rings. The number of hydrazine groups is 1. The summed E-state index contributed by atoms with van der Waals surface area (Å²) in [6.45, 7) is 11.8. The summed E-state index contributed by atoms with van der Waals surface area (Å²) in [6.07, 6.45) is -1.39. The molecule has 0 spiro atoms. The molecular formula is C34H52N4O9. The van der Waals surface area contributed by atoms with Crippen LogP contribution in [-0.2, 0) is 34.9 Å². The zero-order valence-corrected chi connectivity index (χ0v) is 28.2. The Hall–Kier alpha value is -2.97. The van der Waals surface area contributed by atoms with Crippen LogP contribution in [0.4, 0.5) is 9.59 Å². The zero-order chi connectivity index (χ0) is 33.7. The molecule has 262 valence electrons. The first-order chi connectivity index (χ1) is 22.4. The van der Waals surface area contributed by atoms with Crippen molar-refractivity contribution in [3.8, 4) is 0 Å². The first-order valence-electron chi connectivity index (χ1n) is 16.9. The number of amides is 3. The van der Waals surface area contributed by atoms with E-state index in [2.05, 4.69) is 16.1 Å². The molecule has 3 aliphatic heterocycles. The zero-order valence-electron chi connectivity index (χ0n) is 28.2. The second kappa shape index (κ2) is 15.5. The highest BCUT2D eigenvalue weighted by Crippen LogP contribution is 2.49. The Labute approximate surface area is 277 Å². The molecular weight excluding hydrogens is 608 g/mol. The van der Waals surface area contributed by atoms with E-state index in [1.807, 2.05) is 65.0 Å². The number of aliphatic hydroxyl groups is 1. The summed E-state index contributed by atoms with van der Waals surface area (Å²) >= 11 is 0. The summed E-state index contributed by atoms with van der Waals surface area (Å²) in [7, 11) is 0. The summed E-state index contributed by atoms with van der Waals surface area (Å²) in [5.41, 5.74) is 3.21. The van der Waals surface area contributed by atoms with Crippen molar-refractivity contribution in [2.24, 2.45) is 29.1 Å². The van der Waals surface area contributed by atoms with Gasteiger partial charge in [-0.3, -0.25) is 10.2 Å². The van der Waals surface area contributed by atoms with Gasteiger partial charge in [0, 0.05) is 37.3 Å². The van der Waals surface area contributed by atoms with Gasteiger partial charge in [0.1, 0.15) is 18.2 Å². The fraction of sp³-hybridized carbons (Fsp3) is 0.735. The van der Waals surface area contributed by atoms with Crippen LogP contribution in [-0.4, -0.2) is 104 Å². The number of hydrogen-bond acceptors (Lipinski definition) is 10. The molecule has 1 aromatic carbocycles. The Bertz CT molecular complexity index is 1210. The van der Waals surface area contributed by atoms with Crippen molar-refractivity contribution in [2.45, 2.75) is 90.6 Å². The smallest absolute Gasteiger partial charge is 0.408 e. The van der Waals surface area contributed by atoms with Gasteiger partial charge in [0.05, 0.1) is 38.6 Å². The van der Waals surface area contributed by atoms with Gasteiger partial charge in [-0.1, -0.05) is 65.0 Å². The van der Waals surface area contributed by atoms with E-state index in [9.17, 15) is 19.5 Å². The number of ether oxygens (including phenoxy) is 5. The third-order valence-electron chi connectivity index (χ3n) is 9.41. The SMILES string of the molecule is CC(C)CN(C[C@@H](O)[C@H](Cc1ccccc1)NC(=O)OC1C2COC3OCC1C3C2)NC(=O)[C@@H](NC(=O)OC1CCOC1)C(C)(C)C. The number of alkyl carbamates (subject to hydrolysis) is 2. The second-order valence-electron chi connectivity index (χ2n) is 14.8. The molecule has 4 aliphatic rings. The van der Waals surface area contributed by atoms with E-state index >= 15 is 0 Å². The Balaban J connectivity index is 1.25. The minimum absolute atomic E-state index is 0.0164. The lowest BCUT2D eigenvalue weighted by atomic mass is 9.86. The van der Waals surface area contributed by atoms with Crippen molar-refractivity contribution < 1.29 is 43.2 Å². The summed E-state index contributed by atoms with van der Waals surface area (Å²) in [6, 6.07) is 7.94. The van der Waals surface area contributed by atoms with Crippen molar-refractivity contribution >= 4 is 18.1 Å². The van der Waals surface area contributed by atoms with Gasteiger partial charge >= 0.3 is 12.2 Å². The monoisotopic (exact) mass is 660 g/mol. The van der Waals surface area contributed by atoms with Crippen LogP contribution in [0.1, 0.15) is 53.0 Å². The van der Waals surface area contributed by atoms with Crippen LogP contribution in [0, 0.1) is 29.1 Å². The van der Waals surface area contributed by atoms with E-state index in [-0.39, 0.29) is 48.7 Å². The predicted octanol–water partition coefficient (Wildman–Crippen LogP) is 2.61. The highest BCUT2D eigenvalue weighted by Gasteiger charge is 2.56. The molecule has 1 aromatic rings. The number of carbonyl (C=O) groups is 3. The molecule has 13 heteroatoms. The van der Waals surface area contributed by atoms with Crippen molar-refractivity contribution in [1.29, 1.82) is 0 Å². The minimum Gasteiger partial charge on any atom is -0.445 e. The maximum absolute atomic E-state index is 13.7. The molecule has 4 N–H and O–H groups in total. The van der Waals surface area contributed by atoms with Gasteiger partial charge in [0.15, 0.2) is 6.29 Å². The van der Waals surface area contributed by atoms with Crippen LogP contribution >= 0.6 is 0 Å². The van der Waals surface area contributed by atoms with Crippen LogP contribution in [0.15, 0.2) is 30.3 Å². The predicted molar refractivity (Wildman–Crippen MR) is 171 cm³/mol. The fourth-order valence-corrected chi connectivity index (χ4v) is 7.07. The molecule has 1 aliphatic carbocycles. The van der Waals surface area contributed by atoms with E-state index in [1.165, 1.54) is 0 Å². The highest BCUT2D eigenvalue weighted by atomic mass is 16.7. The van der Waals surface area contributed by atoms with E-state index < -0.39 is 41.7 Å². The third-order valence-corrected chi connectivity index (χ3v) is 9.41. The number of carbonyl (C=O) groups excluding carboxylic acids is 3. The first-order valence-corrected chi connectivity index (χ1v) is 16.9. The normalized spacial score (nSPS) is 28.5. The van der Waals surface area contributed by atoms with Gasteiger partial charge in [0.2, 0.25) is 0 Å². The van der Waals surface area contributed by atoms with Crippen LogP contribution in [0.2, 0.25) is 0 Å². The molecule has 0 radical (unpaired) electrons. The lowest BCUT2D eigenvalue weighted by Gasteiger charge is -2.35. The van der Waals surface area contributed by atoms with Gasteiger partial charge in [-0.25, -0.2) is 14.6 Å². The number of nitrogens with zero attached hydrogens (tertiary/aromatic N) is 1. The number of nitrogens with one attached hydrogen (secondary N) is 3. The van der Waals surface area contributed by atoms with Crippen molar-refractivity contribution in [2.75, 3.05) is 39.5 Å². The van der Waals surface area contributed by atoms with Gasteiger partial charge in [-0.15, -0.1) is 0 Å². The number of benzene rings is 1. The lowest BCUT2D eigenvalue weighted by molar-refractivity contribution is -0.169. The van der Waals surface area contributed by atoms with Crippen LogP contribution in [0.25, 0.3) is 0 Å². The fourth-order valence-electron chi connectivity index (χ4n) is 7.07. The van der Waals surface area contributed by atoms with Crippen molar-refractivity contribution in [1.82, 2.24) is 21.1 Å². The topological polar surface area (TPSA) is 157 Å². The molecule has 2 bridgehead atoms. The van der Waals surface area contributed by atoms with Gasteiger partial charge in [-0.2, -0.15) is 0 Å². The lowest BCUT2D eigenvalue weighted by Crippen LogP contribution is -2.60. The van der Waals surface area contributed by atoms with Crippen LogP contribution in [0.5, 0.6) is 0 Å². The van der Waals surface area contributed by atoms with Gasteiger partial charge < -0.3 is 39.4 Å². The maximum atomic E-state index is 13.7. The Morgan fingerprint density at radius 3 is 2.38 bits per heavy atom. The maximum Gasteiger partial charge on any atom is 0.408 e. The largest absolute Gasteiger partial charge is 0.445 e. The van der Waals surface area contributed by atoms with E-state index in [0.717, 1.165) is 12.0 Å². The average Bonchev–Trinajstić information content (AvgIpc) is 3.72. The number of hydrogen-bond donors (Lipinski definition) is 4. The third kappa shape index (κ3) is 9.35. The number of rotatable bonds is 13. The van der Waals surface area contributed by atoms with E-state index in [0.29, 0.717) is 45.8 Å².